The monoisotopic (exact) mass is 369 g/mol. The molecule has 144 valence electrons. The van der Waals surface area contributed by atoms with Crippen LogP contribution in [0, 0.1) is 6.92 Å². The summed E-state index contributed by atoms with van der Waals surface area (Å²) in [6.45, 7) is 5.73. The molecule has 0 unspecified atom stereocenters. The second-order valence-electron chi connectivity index (χ2n) is 7.96. The summed E-state index contributed by atoms with van der Waals surface area (Å²) in [7, 11) is 0. The van der Waals surface area contributed by atoms with Gasteiger partial charge in [0.2, 0.25) is 0 Å². The number of nitrogens with one attached hydrogen (secondary N) is 1. The standard InChI is InChI=1S/C21H27N3O3/c1-14-8-10-15(11-9-14)24-17-7-5-4-6-16(17)19(23-24)20(27)22-21(2,3)13-12-18(25)26/h8-11H,4-7,12-13H2,1-3H3,(H,22,27)(H,25,26). The molecule has 0 saturated heterocycles. The summed E-state index contributed by atoms with van der Waals surface area (Å²) in [5, 5.41) is 16.5. The number of aryl methyl sites for hydroxylation is 1. The highest BCUT2D eigenvalue weighted by Crippen LogP contribution is 2.27. The van der Waals surface area contributed by atoms with Gasteiger partial charge in [0.05, 0.1) is 5.69 Å². The van der Waals surface area contributed by atoms with E-state index in [0.717, 1.165) is 42.6 Å². The molecule has 0 atom stereocenters. The molecular weight excluding hydrogens is 342 g/mol. The van der Waals surface area contributed by atoms with Crippen molar-refractivity contribution >= 4 is 11.9 Å². The highest BCUT2D eigenvalue weighted by Gasteiger charge is 2.29. The zero-order chi connectivity index (χ0) is 19.6. The van der Waals surface area contributed by atoms with Crippen LogP contribution in [0.2, 0.25) is 0 Å². The molecule has 1 aromatic heterocycles. The molecule has 0 bridgehead atoms. The topological polar surface area (TPSA) is 84.2 Å². The fourth-order valence-corrected chi connectivity index (χ4v) is 3.53. The van der Waals surface area contributed by atoms with Gasteiger partial charge in [0.15, 0.2) is 5.69 Å². The summed E-state index contributed by atoms with van der Waals surface area (Å²) < 4.78 is 1.90. The van der Waals surface area contributed by atoms with E-state index in [2.05, 4.69) is 10.4 Å². The number of hydrogen-bond donors (Lipinski definition) is 2. The van der Waals surface area contributed by atoms with Gasteiger partial charge >= 0.3 is 5.97 Å². The summed E-state index contributed by atoms with van der Waals surface area (Å²) in [5.41, 5.74) is 4.13. The van der Waals surface area contributed by atoms with Crippen LogP contribution >= 0.6 is 0 Å². The van der Waals surface area contributed by atoms with Crippen LogP contribution in [0.5, 0.6) is 0 Å². The molecule has 1 aromatic carbocycles. The van der Waals surface area contributed by atoms with Crippen LogP contribution in [0.3, 0.4) is 0 Å². The number of carboxylic acid groups (broad SMARTS) is 1. The number of rotatable bonds is 6. The van der Waals surface area contributed by atoms with Gasteiger partial charge in [0.25, 0.3) is 5.91 Å². The molecule has 2 N–H and O–H groups in total. The van der Waals surface area contributed by atoms with Crippen LogP contribution in [-0.2, 0) is 17.6 Å². The van der Waals surface area contributed by atoms with E-state index in [-0.39, 0.29) is 12.3 Å². The third-order valence-electron chi connectivity index (χ3n) is 5.09. The van der Waals surface area contributed by atoms with Crippen LogP contribution < -0.4 is 5.32 Å². The van der Waals surface area contributed by atoms with Crippen LogP contribution in [-0.4, -0.2) is 32.3 Å². The van der Waals surface area contributed by atoms with Crippen molar-refractivity contribution in [3.8, 4) is 5.69 Å². The lowest BCUT2D eigenvalue weighted by atomic mass is 9.94. The zero-order valence-corrected chi connectivity index (χ0v) is 16.2. The molecule has 6 nitrogen and oxygen atoms in total. The Morgan fingerprint density at radius 3 is 2.52 bits per heavy atom. The third-order valence-corrected chi connectivity index (χ3v) is 5.09. The fourth-order valence-electron chi connectivity index (χ4n) is 3.53. The second kappa shape index (κ2) is 7.55. The number of aromatic nitrogens is 2. The second-order valence-corrected chi connectivity index (χ2v) is 7.96. The van der Waals surface area contributed by atoms with Crippen molar-refractivity contribution in [2.24, 2.45) is 0 Å². The van der Waals surface area contributed by atoms with Crippen molar-refractivity contribution in [1.29, 1.82) is 0 Å². The Hall–Kier alpha value is -2.63. The maximum absolute atomic E-state index is 12.9. The molecule has 1 aliphatic carbocycles. The first kappa shape index (κ1) is 19.1. The predicted molar refractivity (Wildman–Crippen MR) is 103 cm³/mol. The lowest BCUT2D eigenvalue weighted by Crippen LogP contribution is -2.44. The Morgan fingerprint density at radius 2 is 1.85 bits per heavy atom. The van der Waals surface area contributed by atoms with E-state index in [1.165, 1.54) is 5.56 Å². The summed E-state index contributed by atoms with van der Waals surface area (Å²) >= 11 is 0. The summed E-state index contributed by atoms with van der Waals surface area (Å²) in [4.78, 5) is 23.8. The molecule has 3 rings (SSSR count). The van der Waals surface area contributed by atoms with Gasteiger partial charge in [-0.1, -0.05) is 17.7 Å². The van der Waals surface area contributed by atoms with Gasteiger partial charge in [-0.3, -0.25) is 9.59 Å². The largest absolute Gasteiger partial charge is 0.481 e. The summed E-state index contributed by atoms with van der Waals surface area (Å²) in [5.74, 6) is -1.09. The Balaban J connectivity index is 1.90. The number of benzene rings is 1. The highest BCUT2D eigenvalue weighted by molar-refractivity contribution is 5.94. The molecule has 1 aliphatic rings. The van der Waals surface area contributed by atoms with Crippen LogP contribution in [0.15, 0.2) is 24.3 Å². The third kappa shape index (κ3) is 4.38. The summed E-state index contributed by atoms with van der Waals surface area (Å²) in [6.07, 6.45) is 4.29. The van der Waals surface area contributed by atoms with Gasteiger partial charge in [0, 0.05) is 23.2 Å². The number of nitrogens with zero attached hydrogens (tertiary/aromatic N) is 2. The van der Waals surface area contributed by atoms with Crippen LogP contribution in [0.1, 0.15) is 66.8 Å². The van der Waals surface area contributed by atoms with E-state index in [9.17, 15) is 9.59 Å². The molecule has 0 aliphatic heterocycles. The minimum Gasteiger partial charge on any atom is -0.481 e. The Bertz CT molecular complexity index is 850. The Labute approximate surface area is 159 Å². The van der Waals surface area contributed by atoms with Crippen molar-refractivity contribution in [3.05, 3.63) is 46.8 Å². The van der Waals surface area contributed by atoms with Gasteiger partial charge in [-0.25, -0.2) is 4.68 Å². The summed E-state index contributed by atoms with van der Waals surface area (Å²) in [6, 6.07) is 8.13. The van der Waals surface area contributed by atoms with Gasteiger partial charge in [0.1, 0.15) is 0 Å². The number of hydrogen-bond acceptors (Lipinski definition) is 3. The minimum absolute atomic E-state index is 0.0171. The molecule has 1 amide bonds. The lowest BCUT2D eigenvalue weighted by Gasteiger charge is -2.25. The molecule has 27 heavy (non-hydrogen) atoms. The molecule has 0 fully saturated rings. The quantitative estimate of drug-likeness (QED) is 0.817. The lowest BCUT2D eigenvalue weighted by molar-refractivity contribution is -0.137. The van der Waals surface area contributed by atoms with Crippen molar-refractivity contribution in [1.82, 2.24) is 15.1 Å². The molecule has 2 aromatic rings. The van der Waals surface area contributed by atoms with Gasteiger partial charge < -0.3 is 10.4 Å². The van der Waals surface area contributed by atoms with E-state index in [1.807, 2.05) is 49.7 Å². The maximum atomic E-state index is 12.9. The zero-order valence-electron chi connectivity index (χ0n) is 16.2. The van der Waals surface area contributed by atoms with E-state index in [0.29, 0.717) is 12.1 Å². The fraction of sp³-hybridized carbons (Fsp3) is 0.476. The number of aliphatic carboxylic acids is 1. The molecule has 0 radical (unpaired) electrons. The van der Waals surface area contributed by atoms with Gasteiger partial charge in [-0.2, -0.15) is 5.10 Å². The number of amides is 1. The SMILES string of the molecule is Cc1ccc(-n2nc(C(=O)NC(C)(C)CCC(=O)O)c3c2CCCC3)cc1. The Morgan fingerprint density at radius 1 is 1.19 bits per heavy atom. The van der Waals surface area contributed by atoms with Gasteiger partial charge in [-0.05, 0) is 65.0 Å². The molecule has 0 spiro atoms. The first-order valence-corrected chi connectivity index (χ1v) is 9.49. The molecule has 6 heteroatoms. The van der Waals surface area contributed by atoms with E-state index >= 15 is 0 Å². The number of carbonyl (C=O) groups excluding carboxylic acids is 1. The van der Waals surface area contributed by atoms with Crippen molar-refractivity contribution in [2.45, 2.75) is 64.8 Å². The van der Waals surface area contributed by atoms with Crippen molar-refractivity contribution in [2.75, 3.05) is 0 Å². The molecule has 0 saturated carbocycles. The van der Waals surface area contributed by atoms with E-state index in [1.54, 1.807) is 0 Å². The number of carbonyl (C=O) groups is 2. The van der Waals surface area contributed by atoms with Crippen LogP contribution in [0.4, 0.5) is 0 Å². The average Bonchev–Trinajstić information content (AvgIpc) is 3.00. The average molecular weight is 369 g/mol. The van der Waals surface area contributed by atoms with E-state index < -0.39 is 11.5 Å². The van der Waals surface area contributed by atoms with Crippen LogP contribution in [0.25, 0.3) is 5.69 Å². The normalized spacial score (nSPS) is 13.9. The molecule has 1 heterocycles. The minimum atomic E-state index is -0.863. The maximum Gasteiger partial charge on any atom is 0.303 e. The first-order valence-electron chi connectivity index (χ1n) is 9.49. The first-order chi connectivity index (χ1) is 12.8. The van der Waals surface area contributed by atoms with E-state index in [4.69, 9.17) is 5.11 Å². The Kier molecular flexibility index (Phi) is 5.35. The van der Waals surface area contributed by atoms with Crippen molar-refractivity contribution < 1.29 is 14.7 Å². The number of fused-ring (bicyclic) bond motifs is 1. The number of carboxylic acids is 1. The van der Waals surface area contributed by atoms with Gasteiger partial charge in [-0.15, -0.1) is 0 Å². The molecular formula is C21H27N3O3. The highest BCUT2D eigenvalue weighted by atomic mass is 16.4. The smallest absolute Gasteiger partial charge is 0.303 e. The van der Waals surface area contributed by atoms with Crippen molar-refractivity contribution in [3.63, 3.8) is 0 Å². The predicted octanol–water partition coefficient (Wildman–Crippen LogP) is 3.43.